The Morgan fingerprint density at radius 2 is 1.61 bits per heavy atom. The van der Waals surface area contributed by atoms with Crippen molar-refractivity contribution in [2.45, 2.75) is 38.3 Å². The number of carbonyl (C=O) groups excluding carboxylic acids is 2. The molecular formula is C38H39ClN4O3. The van der Waals surface area contributed by atoms with E-state index in [9.17, 15) is 9.59 Å². The van der Waals surface area contributed by atoms with Gasteiger partial charge in [0, 0.05) is 73.2 Å². The molecular weight excluding hydrogens is 596 g/mol. The summed E-state index contributed by atoms with van der Waals surface area (Å²) < 4.78 is 6.26. The van der Waals surface area contributed by atoms with Gasteiger partial charge < -0.3 is 19.9 Å². The Bertz CT molecular complexity index is 1720. The Kier molecular flexibility index (Phi) is 8.45. The molecule has 0 radical (unpaired) electrons. The second kappa shape index (κ2) is 12.8. The van der Waals surface area contributed by atoms with Gasteiger partial charge in [0.15, 0.2) is 0 Å². The van der Waals surface area contributed by atoms with Crippen molar-refractivity contribution in [3.05, 3.63) is 124 Å². The zero-order chi connectivity index (χ0) is 31.7. The first kappa shape index (κ1) is 30.3. The maximum absolute atomic E-state index is 13.9. The van der Waals surface area contributed by atoms with Crippen LogP contribution in [-0.2, 0) is 23.3 Å². The van der Waals surface area contributed by atoms with Crippen LogP contribution >= 0.6 is 11.6 Å². The van der Waals surface area contributed by atoms with Crippen LogP contribution in [0.1, 0.15) is 52.4 Å². The maximum atomic E-state index is 13.9. The summed E-state index contributed by atoms with van der Waals surface area (Å²) in [7, 11) is 0. The molecule has 8 heteroatoms. The standard InChI is InChI=1S/C38H39ClN4O3/c1-2-40-37(45)38(32-11-3-5-13-34(32)46-35-14-6-4-12-33(35)38)17-8-18-41-19-21-42(22-20-41)30-16-15-28-26-43(36(44)31(28)24-30)25-27-9-7-10-29(39)23-27/h3-7,9-16,23-24H,2,8,17-22,25-26H2,1H3,(H,40,45). The quantitative estimate of drug-likeness (QED) is 0.224. The lowest BCUT2D eigenvalue weighted by Gasteiger charge is -2.40. The Morgan fingerprint density at radius 3 is 2.30 bits per heavy atom. The summed E-state index contributed by atoms with van der Waals surface area (Å²) in [5.41, 5.74) is 5.07. The number of carbonyl (C=O) groups is 2. The molecule has 3 heterocycles. The Balaban J connectivity index is 1.00. The third kappa shape index (κ3) is 5.63. The van der Waals surface area contributed by atoms with Crippen LogP contribution in [-0.4, -0.2) is 60.9 Å². The van der Waals surface area contributed by atoms with Gasteiger partial charge in [0.05, 0.1) is 0 Å². The molecule has 3 aliphatic heterocycles. The lowest BCUT2D eigenvalue weighted by atomic mass is 9.68. The van der Waals surface area contributed by atoms with E-state index < -0.39 is 5.41 Å². The highest BCUT2D eigenvalue weighted by atomic mass is 35.5. The molecule has 2 amide bonds. The molecule has 0 unspecified atom stereocenters. The van der Waals surface area contributed by atoms with Crippen molar-refractivity contribution in [1.29, 1.82) is 0 Å². The van der Waals surface area contributed by atoms with Crippen LogP contribution in [0.15, 0.2) is 91.0 Å². The number of benzene rings is 4. The number of piperazine rings is 1. The molecule has 0 aromatic heterocycles. The topological polar surface area (TPSA) is 65.1 Å². The fraction of sp³-hybridized carbons (Fsp3) is 0.316. The maximum Gasteiger partial charge on any atom is 0.254 e. The van der Waals surface area contributed by atoms with Gasteiger partial charge in [-0.25, -0.2) is 0 Å². The van der Waals surface area contributed by atoms with Crippen molar-refractivity contribution in [3.63, 3.8) is 0 Å². The van der Waals surface area contributed by atoms with Crippen LogP contribution in [0, 0.1) is 0 Å². The number of nitrogens with zero attached hydrogens (tertiary/aromatic N) is 3. The van der Waals surface area contributed by atoms with E-state index in [1.54, 1.807) is 0 Å². The van der Waals surface area contributed by atoms with Crippen molar-refractivity contribution in [2.75, 3.05) is 44.2 Å². The number of para-hydroxylation sites is 2. The second-order valence-electron chi connectivity index (χ2n) is 12.4. The van der Waals surface area contributed by atoms with Gasteiger partial charge in [-0.2, -0.15) is 0 Å². The Morgan fingerprint density at radius 1 is 0.891 bits per heavy atom. The molecule has 7 nitrogen and oxygen atoms in total. The molecule has 0 aliphatic carbocycles. The molecule has 1 N–H and O–H groups in total. The molecule has 3 aliphatic rings. The van der Waals surface area contributed by atoms with E-state index in [1.807, 2.05) is 84.6 Å². The average molecular weight is 635 g/mol. The molecule has 0 saturated carbocycles. The van der Waals surface area contributed by atoms with Gasteiger partial charge in [0.2, 0.25) is 5.91 Å². The number of halogens is 1. The molecule has 1 fully saturated rings. The van der Waals surface area contributed by atoms with E-state index in [2.05, 4.69) is 33.3 Å². The minimum absolute atomic E-state index is 0.0281. The summed E-state index contributed by atoms with van der Waals surface area (Å²) in [6, 6.07) is 29.9. The number of hydrogen-bond donors (Lipinski definition) is 1. The number of nitrogens with one attached hydrogen (secondary N) is 1. The minimum atomic E-state index is -0.805. The van der Waals surface area contributed by atoms with Gasteiger partial charge >= 0.3 is 0 Å². The van der Waals surface area contributed by atoms with Crippen molar-refractivity contribution in [1.82, 2.24) is 15.1 Å². The first-order chi connectivity index (χ1) is 22.5. The summed E-state index contributed by atoms with van der Waals surface area (Å²) in [6.07, 6.45) is 1.56. The lowest BCUT2D eigenvalue weighted by molar-refractivity contribution is -0.125. The molecule has 0 spiro atoms. The number of ether oxygens (including phenoxy) is 1. The van der Waals surface area contributed by atoms with Crippen molar-refractivity contribution >= 4 is 29.1 Å². The molecule has 4 aromatic carbocycles. The van der Waals surface area contributed by atoms with Crippen molar-refractivity contribution < 1.29 is 14.3 Å². The largest absolute Gasteiger partial charge is 0.457 e. The van der Waals surface area contributed by atoms with E-state index in [0.717, 1.165) is 84.1 Å². The normalized spacial score (nSPS) is 16.8. The predicted molar refractivity (Wildman–Crippen MR) is 182 cm³/mol. The van der Waals surface area contributed by atoms with Gasteiger partial charge in [0.1, 0.15) is 16.9 Å². The molecule has 7 rings (SSSR count). The number of likely N-dealkylation sites (N-methyl/N-ethyl adjacent to an activating group) is 1. The van der Waals surface area contributed by atoms with Gasteiger partial charge in [-0.05, 0) is 73.8 Å². The highest BCUT2D eigenvalue weighted by molar-refractivity contribution is 6.30. The SMILES string of the molecule is CCNC(=O)C1(CCCN2CCN(c3ccc4c(c3)C(=O)N(Cc3cccc(Cl)c3)C4)CC2)c2ccccc2Oc2ccccc21. The second-order valence-corrected chi connectivity index (χ2v) is 12.9. The number of fused-ring (bicyclic) bond motifs is 3. The zero-order valence-electron chi connectivity index (χ0n) is 26.2. The number of amides is 2. The van der Waals surface area contributed by atoms with Gasteiger partial charge in [-0.1, -0.05) is 66.2 Å². The van der Waals surface area contributed by atoms with E-state index in [-0.39, 0.29) is 11.8 Å². The average Bonchev–Trinajstić information content (AvgIpc) is 3.38. The summed E-state index contributed by atoms with van der Waals surface area (Å²) in [5.74, 6) is 1.61. The van der Waals surface area contributed by atoms with Gasteiger partial charge in [-0.3, -0.25) is 14.5 Å². The number of hydrogen-bond acceptors (Lipinski definition) is 5. The number of rotatable bonds is 9. The minimum Gasteiger partial charge on any atom is -0.457 e. The molecule has 1 saturated heterocycles. The highest BCUT2D eigenvalue weighted by Gasteiger charge is 2.47. The van der Waals surface area contributed by atoms with E-state index >= 15 is 0 Å². The van der Waals surface area contributed by atoms with Crippen molar-refractivity contribution in [3.8, 4) is 11.5 Å². The summed E-state index contributed by atoms with van der Waals surface area (Å²) >= 11 is 6.17. The molecule has 46 heavy (non-hydrogen) atoms. The first-order valence-corrected chi connectivity index (χ1v) is 16.6. The lowest BCUT2D eigenvalue weighted by Crippen LogP contribution is -2.49. The summed E-state index contributed by atoms with van der Waals surface area (Å²) in [4.78, 5) is 34.0. The first-order valence-electron chi connectivity index (χ1n) is 16.3. The van der Waals surface area contributed by atoms with Crippen LogP contribution in [0.3, 0.4) is 0 Å². The van der Waals surface area contributed by atoms with Crippen LogP contribution < -0.4 is 15.0 Å². The molecule has 4 aromatic rings. The highest BCUT2D eigenvalue weighted by Crippen LogP contribution is 2.50. The van der Waals surface area contributed by atoms with E-state index in [0.29, 0.717) is 31.1 Å². The fourth-order valence-electron chi connectivity index (χ4n) is 7.35. The van der Waals surface area contributed by atoms with E-state index in [4.69, 9.17) is 16.3 Å². The van der Waals surface area contributed by atoms with Crippen molar-refractivity contribution in [2.24, 2.45) is 0 Å². The molecule has 0 atom stereocenters. The van der Waals surface area contributed by atoms with Gasteiger partial charge in [0.25, 0.3) is 5.91 Å². The number of anilines is 1. The van der Waals surface area contributed by atoms with Crippen LogP contribution in [0.5, 0.6) is 11.5 Å². The Hall–Kier alpha value is -4.33. The fourth-order valence-corrected chi connectivity index (χ4v) is 7.56. The third-order valence-corrected chi connectivity index (χ3v) is 9.87. The monoisotopic (exact) mass is 634 g/mol. The van der Waals surface area contributed by atoms with Crippen LogP contribution in [0.4, 0.5) is 5.69 Å². The van der Waals surface area contributed by atoms with Gasteiger partial charge in [-0.15, -0.1) is 0 Å². The summed E-state index contributed by atoms with van der Waals surface area (Å²) in [6.45, 7) is 8.24. The molecule has 236 valence electrons. The third-order valence-electron chi connectivity index (χ3n) is 9.64. The van der Waals surface area contributed by atoms with Crippen LogP contribution in [0.2, 0.25) is 5.02 Å². The smallest absolute Gasteiger partial charge is 0.254 e. The Labute approximate surface area is 275 Å². The zero-order valence-corrected chi connectivity index (χ0v) is 26.9. The van der Waals surface area contributed by atoms with E-state index in [1.165, 1.54) is 0 Å². The predicted octanol–water partition coefficient (Wildman–Crippen LogP) is 6.63. The summed E-state index contributed by atoms with van der Waals surface area (Å²) in [5, 5.41) is 3.83. The molecule has 0 bridgehead atoms. The van der Waals surface area contributed by atoms with Crippen LogP contribution in [0.25, 0.3) is 0 Å².